The van der Waals surface area contributed by atoms with Crippen LogP contribution in [-0.2, 0) is 65.4 Å². The average molecular weight is 1370 g/mol. The third-order valence-electron chi connectivity index (χ3n) is 17.5. The van der Waals surface area contributed by atoms with Crippen LogP contribution in [0.15, 0.2) is 0 Å². The summed E-state index contributed by atoms with van der Waals surface area (Å²) in [5, 5.41) is 10.6. The molecule has 6 atom stereocenters. The number of hydrogen-bond acceptors (Lipinski definition) is 15. The van der Waals surface area contributed by atoms with Gasteiger partial charge in [0.05, 0.1) is 26.4 Å². The maximum Gasteiger partial charge on any atom is 0.472 e. The zero-order valence-corrected chi connectivity index (χ0v) is 62.5. The van der Waals surface area contributed by atoms with Crippen molar-refractivity contribution in [3.05, 3.63) is 0 Å². The van der Waals surface area contributed by atoms with Crippen LogP contribution < -0.4 is 0 Å². The predicted octanol–water partition coefficient (Wildman–Crippen LogP) is 21.4. The number of phosphoric acid groups is 2. The predicted molar refractivity (Wildman–Crippen MR) is 377 cm³/mol. The van der Waals surface area contributed by atoms with E-state index in [9.17, 15) is 43.2 Å². The van der Waals surface area contributed by atoms with Crippen LogP contribution in [0.4, 0.5) is 0 Å². The Morgan fingerprint density at radius 2 is 0.548 bits per heavy atom. The molecule has 3 unspecified atom stereocenters. The van der Waals surface area contributed by atoms with Crippen molar-refractivity contribution in [2.45, 2.75) is 394 Å². The van der Waals surface area contributed by atoms with Gasteiger partial charge in [-0.05, 0) is 43.4 Å². The molecular formula is C74H144O17P2. The van der Waals surface area contributed by atoms with Crippen molar-refractivity contribution in [2.75, 3.05) is 39.6 Å². The number of carbonyl (C=O) groups is 4. The summed E-state index contributed by atoms with van der Waals surface area (Å²) in [5.41, 5.74) is 0. The third-order valence-corrected chi connectivity index (χ3v) is 19.4. The molecule has 0 fully saturated rings. The van der Waals surface area contributed by atoms with E-state index in [0.29, 0.717) is 31.6 Å². The first-order valence-corrected chi connectivity index (χ1v) is 41.4. The Morgan fingerprint density at radius 3 is 0.817 bits per heavy atom. The van der Waals surface area contributed by atoms with E-state index in [4.69, 9.17) is 37.0 Å². The largest absolute Gasteiger partial charge is 0.472 e. The van der Waals surface area contributed by atoms with Crippen LogP contribution in [0, 0.1) is 17.8 Å². The highest BCUT2D eigenvalue weighted by Crippen LogP contribution is 2.45. The molecule has 0 aromatic carbocycles. The van der Waals surface area contributed by atoms with Gasteiger partial charge in [-0.3, -0.25) is 37.3 Å². The normalized spacial score (nSPS) is 14.4. The second-order valence-corrected chi connectivity index (χ2v) is 30.8. The van der Waals surface area contributed by atoms with Gasteiger partial charge < -0.3 is 33.8 Å². The van der Waals surface area contributed by atoms with Crippen molar-refractivity contribution in [3.63, 3.8) is 0 Å². The molecule has 3 N–H and O–H groups in total. The molecule has 0 radical (unpaired) electrons. The first-order valence-electron chi connectivity index (χ1n) is 38.4. The number of hydrogen-bond donors (Lipinski definition) is 3. The number of phosphoric ester groups is 2. The first kappa shape index (κ1) is 91.1. The summed E-state index contributed by atoms with van der Waals surface area (Å²) in [6.07, 6.45) is 50.0. The van der Waals surface area contributed by atoms with Crippen LogP contribution in [0.2, 0.25) is 0 Å². The molecule has 19 heteroatoms. The van der Waals surface area contributed by atoms with Crippen molar-refractivity contribution in [3.8, 4) is 0 Å². The third kappa shape index (κ3) is 67.0. The molecule has 0 saturated carbocycles. The Kier molecular flexibility index (Phi) is 63.4. The summed E-state index contributed by atoms with van der Waals surface area (Å²) in [6.45, 7) is 11.9. The first-order chi connectivity index (χ1) is 44.8. The Bertz CT molecular complexity index is 1820. The van der Waals surface area contributed by atoms with Gasteiger partial charge in [-0.2, -0.15) is 0 Å². The number of aliphatic hydroxyl groups is 1. The Hall–Kier alpha value is -1.94. The standard InChI is InChI=1S/C74H144O17P2/c1-8-10-11-12-13-14-15-23-29-34-43-50-57-73(78)91-70(62-85-72(77)56-49-42-37-36-39-46-53-66(5)6)64-89-93(82,83)87-60-68(75)59-86-92(80,81)88-63-69(61-84-71(76)55-48-41-33-28-25-20-21-26-31-38-45-52-65(3)4)90-74(79)58-51-44-35-30-24-19-17-16-18-22-27-32-40-47-54-67(7)9-2/h65-70,75H,8-64H2,1-7H3,(H,80,81)(H,82,83)/t67?,68-,69-,70-/m1/s1. The Labute approximate surface area is 568 Å². The molecule has 0 aliphatic carbocycles. The lowest BCUT2D eigenvalue weighted by Crippen LogP contribution is -2.30. The lowest BCUT2D eigenvalue weighted by molar-refractivity contribution is -0.161. The SMILES string of the molecule is CCCCCCCCCCCCCCC(=O)O[C@H](COC(=O)CCCCCCCCC(C)C)COP(=O)(O)OC[C@H](O)COP(=O)(O)OC[C@@H](COC(=O)CCCCCCCCCCCCCC(C)C)OC(=O)CCCCCCCCCCCCCCCCC(C)CC. The van der Waals surface area contributed by atoms with E-state index in [0.717, 1.165) is 108 Å². The highest BCUT2D eigenvalue weighted by molar-refractivity contribution is 7.47. The molecule has 0 aromatic rings. The van der Waals surface area contributed by atoms with Gasteiger partial charge in [-0.1, -0.05) is 325 Å². The van der Waals surface area contributed by atoms with Gasteiger partial charge in [0, 0.05) is 25.7 Å². The van der Waals surface area contributed by atoms with Gasteiger partial charge in [0.15, 0.2) is 12.2 Å². The molecular weight excluding hydrogens is 1220 g/mol. The Balaban J connectivity index is 5.24. The quantitative estimate of drug-likeness (QED) is 0.0222. The lowest BCUT2D eigenvalue weighted by Gasteiger charge is -2.21. The van der Waals surface area contributed by atoms with Crippen molar-refractivity contribution in [2.24, 2.45) is 17.8 Å². The average Bonchev–Trinajstić information content (AvgIpc) is 3.59. The van der Waals surface area contributed by atoms with E-state index in [1.165, 1.54) is 180 Å². The van der Waals surface area contributed by atoms with E-state index in [-0.39, 0.29) is 25.7 Å². The number of esters is 4. The zero-order valence-electron chi connectivity index (χ0n) is 60.7. The summed E-state index contributed by atoms with van der Waals surface area (Å²) in [5.74, 6) is 0.175. The summed E-state index contributed by atoms with van der Waals surface area (Å²) in [4.78, 5) is 72.7. The van der Waals surface area contributed by atoms with Gasteiger partial charge >= 0.3 is 39.5 Å². The Morgan fingerprint density at radius 1 is 0.312 bits per heavy atom. The topological polar surface area (TPSA) is 237 Å². The molecule has 17 nitrogen and oxygen atoms in total. The van der Waals surface area contributed by atoms with E-state index in [2.05, 4.69) is 48.5 Å². The zero-order chi connectivity index (χ0) is 68.7. The van der Waals surface area contributed by atoms with Crippen molar-refractivity contribution in [1.29, 1.82) is 0 Å². The van der Waals surface area contributed by atoms with E-state index >= 15 is 0 Å². The molecule has 0 bridgehead atoms. The molecule has 552 valence electrons. The number of rotatable bonds is 72. The van der Waals surface area contributed by atoms with Crippen LogP contribution >= 0.6 is 15.6 Å². The van der Waals surface area contributed by atoms with Gasteiger partial charge in [-0.25, -0.2) is 9.13 Å². The van der Waals surface area contributed by atoms with Crippen molar-refractivity contribution >= 4 is 39.5 Å². The summed E-state index contributed by atoms with van der Waals surface area (Å²) in [7, 11) is -9.91. The van der Waals surface area contributed by atoms with Crippen LogP contribution in [-0.4, -0.2) is 96.7 Å². The summed E-state index contributed by atoms with van der Waals surface area (Å²) < 4.78 is 68.4. The van der Waals surface area contributed by atoms with Crippen LogP contribution in [0.1, 0.15) is 376 Å². The fourth-order valence-electron chi connectivity index (χ4n) is 11.2. The number of unbranched alkanes of at least 4 members (excludes halogenated alkanes) is 39. The number of carbonyl (C=O) groups excluding carboxylic acids is 4. The minimum Gasteiger partial charge on any atom is -0.462 e. The number of aliphatic hydroxyl groups excluding tert-OH is 1. The van der Waals surface area contributed by atoms with Crippen molar-refractivity contribution in [1.82, 2.24) is 0 Å². The highest BCUT2D eigenvalue weighted by atomic mass is 31.2. The van der Waals surface area contributed by atoms with Crippen LogP contribution in [0.3, 0.4) is 0 Å². The molecule has 0 aliphatic rings. The molecule has 0 saturated heterocycles. The molecule has 0 spiro atoms. The van der Waals surface area contributed by atoms with Gasteiger partial charge in [0.25, 0.3) is 0 Å². The molecule has 0 amide bonds. The molecule has 0 rings (SSSR count). The summed E-state index contributed by atoms with van der Waals surface area (Å²) in [6, 6.07) is 0. The van der Waals surface area contributed by atoms with Crippen molar-refractivity contribution < 1.29 is 80.2 Å². The van der Waals surface area contributed by atoms with E-state index in [1.807, 2.05) is 0 Å². The van der Waals surface area contributed by atoms with E-state index in [1.54, 1.807) is 0 Å². The fraction of sp³-hybridized carbons (Fsp3) is 0.946. The highest BCUT2D eigenvalue weighted by Gasteiger charge is 2.30. The summed E-state index contributed by atoms with van der Waals surface area (Å²) >= 11 is 0. The minimum atomic E-state index is -4.96. The van der Waals surface area contributed by atoms with E-state index < -0.39 is 97.5 Å². The number of ether oxygens (including phenoxy) is 4. The smallest absolute Gasteiger partial charge is 0.462 e. The van der Waals surface area contributed by atoms with Gasteiger partial charge in [0.2, 0.25) is 0 Å². The maximum atomic E-state index is 13.1. The monoisotopic (exact) mass is 1370 g/mol. The maximum absolute atomic E-state index is 13.1. The minimum absolute atomic E-state index is 0.106. The second-order valence-electron chi connectivity index (χ2n) is 27.9. The van der Waals surface area contributed by atoms with Gasteiger partial charge in [-0.15, -0.1) is 0 Å². The molecule has 93 heavy (non-hydrogen) atoms. The molecule has 0 heterocycles. The lowest BCUT2D eigenvalue weighted by atomic mass is 9.99. The van der Waals surface area contributed by atoms with Crippen LogP contribution in [0.5, 0.6) is 0 Å². The molecule has 0 aromatic heterocycles. The molecule has 0 aliphatic heterocycles. The van der Waals surface area contributed by atoms with Gasteiger partial charge in [0.1, 0.15) is 19.3 Å². The second kappa shape index (κ2) is 64.7. The fourth-order valence-corrected chi connectivity index (χ4v) is 12.8. The van der Waals surface area contributed by atoms with Crippen LogP contribution in [0.25, 0.3) is 0 Å².